The lowest BCUT2D eigenvalue weighted by Crippen LogP contribution is -2.24. The number of ether oxygens (including phenoxy) is 1. The topological polar surface area (TPSA) is 90.7 Å². The molecule has 1 heterocycles. The molecule has 1 amide bonds. The van der Waals surface area contributed by atoms with Crippen molar-refractivity contribution in [1.29, 1.82) is 0 Å². The SMILES string of the molecule is CC1C=C(c2cccc(Cl)c2Cl)c2cc(C(=O)N=C(N)N)ccc2O1. The van der Waals surface area contributed by atoms with Gasteiger partial charge in [-0.25, -0.2) is 0 Å². The fourth-order valence-corrected chi connectivity index (χ4v) is 3.07. The lowest BCUT2D eigenvalue weighted by molar-refractivity contribution is 0.100. The standard InChI is InChI=1S/C18H15Cl2N3O2/c1-9-7-12(11-3-2-4-14(19)16(11)20)13-8-10(5-6-15(13)25-9)17(24)23-18(21)22/h2-9H,1H3,(H4,21,22,23,24). The Balaban J connectivity index is 2.15. The summed E-state index contributed by atoms with van der Waals surface area (Å²) in [4.78, 5) is 15.7. The summed E-state index contributed by atoms with van der Waals surface area (Å²) in [6, 6.07) is 10.4. The monoisotopic (exact) mass is 375 g/mol. The van der Waals surface area contributed by atoms with E-state index in [0.717, 1.165) is 16.7 Å². The Hall–Kier alpha value is -2.50. The van der Waals surface area contributed by atoms with Crippen molar-refractivity contribution in [2.75, 3.05) is 0 Å². The summed E-state index contributed by atoms with van der Waals surface area (Å²) in [5.41, 5.74) is 13.2. The van der Waals surface area contributed by atoms with Gasteiger partial charge in [-0.2, -0.15) is 4.99 Å². The summed E-state index contributed by atoms with van der Waals surface area (Å²) in [7, 11) is 0. The summed E-state index contributed by atoms with van der Waals surface area (Å²) in [5, 5.41) is 0.893. The van der Waals surface area contributed by atoms with E-state index in [9.17, 15) is 4.79 Å². The van der Waals surface area contributed by atoms with Crippen molar-refractivity contribution < 1.29 is 9.53 Å². The second kappa shape index (κ2) is 6.78. The number of nitrogens with two attached hydrogens (primary N) is 2. The third kappa shape index (κ3) is 3.48. The molecular weight excluding hydrogens is 361 g/mol. The van der Waals surface area contributed by atoms with Gasteiger partial charge in [0.05, 0.1) is 10.0 Å². The maximum atomic E-state index is 12.1. The predicted molar refractivity (Wildman–Crippen MR) is 100 cm³/mol. The van der Waals surface area contributed by atoms with E-state index >= 15 is 0 Å². The molecule has 0 aromatic heterocycles. The van der Waals surface area contributed by atoms with Gasteiger partial charge in [-0.15, -0.1) is 0 Å². The largest absolute Gasteiger partial charge is 0.486 e. The molecule has 1 atom stereocenters. The molecule has 5 nitrogen and oxygen atoms in total. The Morgan fingerprint density at radius 1 is 1.16 bits per heavy atom. The van der Waals surface area contributed by atoms with Crippen LogP contribution in [0.2, 0.25) is 10.0 Å². The number of nitrogens with zero attached hydrogens (tertiary/aromatic N) is 1. The van der Waals surface area contributed by atoms with Gasteiger partial charge in [0.25, 0.3) is 5.91 Å². The molecule has 7 heteroatoms. The minimum absolute atomic E-state index is 0.156. The molecule has 4 N–H and O–H groups in total. The van der Waals surface area contributed by atoms with Gasteiger partial charge in [-0.05, 0) is 42.8 Å². The molecular formula is C18H15Cl2N3O2. The number of halogens is 2. The molecule has 0 spiro atoms. The molecule has 0 aliphatic carbocycles. The Morgan fingerprint density at radius 3 is 2.64 bits per heavy atom. The van der Waals surface area contributed by atoms with Crippen LogP contribution in [0.5, 0.6) is 5.75 Å². The van der Waals surface area contributed by atoms with Gasteiger partial charge in [-0.3, -0.25) is 4.79 Å². The first-order chi connectivity index (χ1) is 11.9. The lowest BCUT2D eigenvalue weighted by Gasteiger charge is -2.24. The lowest BCUT2D eigenvalue weighted by atomic mass is 9.92. The molecule has 128 valence electrons. The van der Waals surface area contributed by atoms with E-state index in [1.54, 1.807) is 24.3 Å². The first-order valence-corrected chi connectivity index (χ1v) is 8.23. The smallest absolute Gasteiger partial charge is 0.280 e. The zero-order chi connectivity index (χ0) is 18.1. The second-order valence-corrected chi connectivity index (χ2v) is 6.34. The molecule has 0 fully saturated rings. The minimum Gasteiger partial charge on any atom is -0.486 e. The third-order valence-electron chi connectivity index (χ3n) is 3.70. The van der Waals surface area contributed by atoms with E-state index < -0.39 is 5.91 Å². The number of hydrogen-bond acceptors (Lipinski definition) is 2. The average Bonchev–Trinajstić information content (AvgIpc) is 2.55. The van der Waals surface area contributed by atoms with Gasteiger partial charge in [-0.1, -0.05) is 35.3 Å². The molecule has 2 aromatic rings. The van der Waals surface area contributed by atoms with E-state index in [1.807, 2.05) is 25.1 Å². The summed E-state index contributed by atoms with van der Waals surface area (Å²) in [6.07, 6.45) is 1.77. The van der Waals surface area contributed by atoms with Gasteiger partial charge in [0.15, 0.2) is 5.96 Å². The van der Waals surface area contributed by atoms with E-state index in [-0.39, 0.29) is 12.1 Å². The molecule has 0 radical (unpaired) electrons. The number of amides is 1. The highest BCUT2D eigenvalue weighted by atomic mass is 35.5. The normalized spacial score (nSPS) is 15.6. The van der Waals surface area contributed by atoms with Crippen LogP contribution in [0, 0.1) is 0 Å². The van der Waals surface area contributed by atoms with Crippen LogP contribution < -0.4 is 16.2 Å². The Morgan fingerprint density at radius 2 is 1.92 bits per heavy atom. The Labute approximate surface area is 154 Å². The van der Waals surface area contributed by atoms with Crippen molar-refractivity contribution in [1.82, 2.24) is 0 Å². The maximum Gasteiger partial charge on any atom is 0.280 e. The highest BCUT2D eigenvalue weighted by Gasteiger charge is 2.23. The maximum absolute atomic E-state index is 12.1. The molecule has 1 unspecified atom stereocenters. The molecule has 3 rings (SSSR count). The highest BCUT2D eigenvalue weighted by molar-refractivity contribution is 6.43. The molecule has 0 saturated carbocycles. The van der Waals surface area contributed by atoms with Crippen LogP contribution in [-0.2, 0) is 0 Å². The fourth-order valence-electron chi connectivity index (χ4n) is 2.66. The van der Waals surface area contributed by atoms with Gasteiger partial charge < -0.3 is 16.2 Å². The zero-order valence-corrected chi connectivity index (χ0v) is 14.8. The summed E-state index contributed by atoms with van der Waals surface area (Å²) in [6.45, 7) is 1.92. The first-order valence-electron chi connectivity index (χ1n) is 7.48. The fraction of sp³-hybridized carbons (Fsp3) is 0.111. The van der Waals surface area contributed by atoms with Crippen LogP contribution in [0.4, 0.5) is 0 Å². The van der Waals surface area contributed by atoms with Gasteiger partial charge >= 0.3 is 0 Å². The average molecular weight is 376 g/mol. The van der Waals surface area contributed by atoms with Crippen LogP contribution in [0.25, 0.3) is 5.57 Å². The van der Waals surface area contributed by atoms with Crippen LogP contribution in [-0.4, -0.2) is 18.0 Å². The molecule has 1 aliphatic rings. The van der Waals surface area contributed by atoms with Crippen molar-refractivity contribution in [3.8, 4) is 5.75 Å². The molecule has 0 saturated heterocycles. The van der Waals surface area contributed by atoms with Crippen molar-refractivity contribution in [3.63, 3.8) is 0 Å². The van der Waals surface area contributed by atoms with Gasteiger partial charge in [0.2, 0.25) is 0 Å². The van der Waals surface area contributed by atoms with Crippen LogP contribution in [0.3, 0.4) is 0 Å². The number of fused-ring (bicyclic) bond motifs is 1. The van der Waals surface area contributed by atoms with E-state index in [2.05, 4.69) is 4.99 Å². The Kier molecular flexibility index (Phi) is 4.70. The van der Waals surface area contributed by atoms with E-state index in [0.29, 0.717) is 21.4 Å². The van der Waals surface area contributed by atoms with Gasteiger partial charge in [0, 0.05) is 16.7 Å². The van der Waals surface area contributed by atoms with Crippen LogP contribution >= 0.6 is 23.2 Å². The summed E-state index contributed by atoms with van der Waals surface area (Å²) < 4.78 is 5.82. The van der Waals surface area contributed by atoms with E-state index in [4.69, 9.17) is 39.4 Å². The summed E-state index contributed by atoms with van der Waals surface area (Å²) >= 11 is 12.5. The van der Waals surface area contributed by atoms with Crippen LogP contribution in [0.15, 0.2) is 47.5 Å². The highest BCUT2D eigenvalue weighted by Crippen LogP contribution is 2.40. The van der Waals surface area contributed by atoms with E-state index in [1.165, 1.54) is 0 Å². The second-order valence-electron chi connectivity index (χ2n) is 5.56. The Bertz CT molecular complexity index is 919. The van der Waals surface area contributed by atoms with Crippen molar-refractivity contribution >= 4 is 40.6 Å². The molecule has 25 heavy (non-hydrogen) atoms. The third-order valence-corrected chi connectivity index (χ3v) is 4.52. The molecule has 0 bridgehead atoms. The first kappa shape index (κ1) is 17.3. The minimum atomic E-state index is -0.530. The number of hydrogen-bond donors (Lipinski definition) is 2. The van der Waals surface area contributed by atoms with Crippen molar-refractivity contribution in [2.45, 2.75) is 13.0 Å². The number of aliphatic imine (C=N–C) groups is 1. The number of carbonyl (C=O) groups excluding carboxylic acids is 1. The zero-order valence-electron chi connectivity index (χ0n) is 13.3. The molecule has 2 aromatic carbocycles. The molecule has 1 aliphatic heterocycles. The predicted octanol–water partition coefficient (Wildman–Crippen LogP) is 3.62. The number of benzene rings is 2. The van der Waals surface area contributed by atoms with Crippen LogP contribution in [0.1, 0.15) is 28.4 Å². The number of carbonyl (C=O) groups is 1. The quantitative estimate of drug-likeness (QED) is 0.619. The number of guanidine groups is 1. The number of rotatable bonds is 2. The summed E-state index contributed by atoms with van der Waals surface area (Å²) in [5.74, 6) is -0.179. The van der Waals surface area contributed by atoms with Gasteiger partial charge in [0.1, 0.15) is 11.9 Å². The van der Waals surface area contributed by atoms with Crippen molar-refractivity contribution in [3.05, 3.63) is 69.2 Å². The van der Waals surface area contributed by atoms with Crippen molar-refractivity contribution in [2.24, 2.45) is 16.5 Å².